The molecule has 5 rings (SSSR count). The van der Waals surface area contributed by atoms with Gasteiger partial charge in [-0.3, -0.25) is 4.39 Å². The van der Waals surface area contributed by atoms with E-state index in [1.807, 2.05) is 18.3 Å². The minimum Gasteiger partial charge on any atom is -0.455 e. The number of pyridine rings is 1. The van der Waals surface area contributed by atoms with E-state index in [0.717, 1.165) is 50.5 Å². The number of ether oxygens (including phenoxy) is 3. The molecule has 1 saturated carbocycles. The standard InChI is InChI=1S/C21H25FN2O4/c22-11-15-9-16-2-3-18-21(16,17(10-15)20(25)28-18)27-13-14-1-4-19(23-12-14)24-5-7-26-8-6-24/h1,4,10,12,15-16,18H,2-3,5-9,11,13H2/t15-,16+,18+,21-/m1/s1. The number of halogens is 1. The Labute approximate surface area is 163 Å². The number of carbonyl (C=O) groups excluding carboxylic acids is 1. The van der Waals surface area contributed by atoms with Gasteiger partial charge in [-0.05, 0) is 36.8 Å². The maximum absolute atomic E-state index is 13.3. The molecule has 0 amide bonds. The number of anilines is 1. The molecule has 7 heteroatoms. The smallest absolute Gasteiger partial charge is 0.337 e. The van der Waals surface area contributed by atoms with Crippen molar-refractivity contribution in [1.29, 1.82) is 0 Å². The van der Waals surface area contributed by atoms with Crippen LogP contribution in [0.4, 0.5) is 10.2 Å². The van der Waals surface area contributed by atoms with Crippen molar-refractivity contribution in [2.24, 2.45) is 11.8 Å². The van der Waals surface area contributed by atoms with E-state index >= 15 is 0 Å². The number of alkyl halides is 1. The van der Waals surface area contributed by atoms with Crippen molar-refractivity contribution < 1.29 is 23.4 Å². The van der Waals surface area contributed by atoms with Gasteiger partial charge in [0.2, 0.25) is 0 Å². The molecule has 150 valence electrons. The molecule has 0 radical (unpaired) electrons. The summed E-state index contributed by atoms with van der Waals surface area (Å²) in [7, 11) is 0. The van der Waals surface area contributed by atoms with Crippen LogP contribution in [0.15, 0.2) is 30.0 Å². The number of morpholine rings is 1. The van der Waals surface area contributed by atoms with Gasteiger partial charge in [-0.1, -0.05) is 12.1 Å². The molecule has 4 atom stereocenters. The van der Waals surface area contributed by atoms with Gasteiger partial charge >= 0.3 is 5.97 Å². The highest BCUT2D eigenvalue weighted by Gasteiger charge is 2.64. The summed E-state index contributed by atoms with van der Waals surface area (Å²) < 4.78 is 30.7. The van der Waals surface area contributed by atoms with Gasteiger partial charge in [0.15, 0.2) is 0 Å². The number of nitrogens with zero attached hydrogens (tertiary/aromatic N) is 2. The summed E-state index contributed by atoms with van der Waals surface area (Å²) in [5.41, 5.74) is 0.773. The van der Waals surface area contributed by atoms with Crippen LogP contribution in [-0.4, -0.2) is 55.6 Å². The fourth-order valence-electron chi connectivity index (χ4n) is 5.18. The van der Waals surface area contributed by atoms with Gasteiger partial charge in [-0.25, -0.2) is 9.78 Å². The average Bonchev–Trinajstić information content (AvgIpc) is 3.24. The fraction of sp³-hybridized carbons (Fsp3) is 0.619. The fourth-order valence-corrected chi connectivity index (χ4v) is 5.18. The van der Waals surface area contributed by atoms with E-state index < -0.39 is 12.3 Å². The summed E-state index contributed by atoms with van der Waals surface area (Å²) >= 11 is 0. The monoisotopic (exact) mass is 388 g/mol. The Bertz CT molecular complexity index is 777. The average molecular weight is 388 g/mol. The molecule has 4 aliphatic rings. The molecule has 6 nitrogen and oxygen atoms in total. The minimum atomic E-state index is -0.717. The van der Waals surface area contributed by atoms with E-state index in [9.17, 15) is 9.18 Å². The van der Waals surface area contributed by atoms with Crippen molar-refractivity contribution in [3.63, 3.8) is 0 Å². The Morgan fingerprint density at radius 3 is 2.89 bits per heavy atom. The van der Waals surface area contributed by atoms with Crippen molar-refractivity contribution in [3.8, 4) is 0 Å². The molecular weight excluding hydrogens is 363 g/mol. The molecular formula is C21H25FN2O4. The number of hydrogen-bond acceptors (Lipinski definition) is 6. The van der Waals surface area contributed by atoms with Crippen LogP contribution in [0.2, 0.25) is 0 Å². The Balaban J connectivity index is 1.33. The molecule has 2 aliphatic carbocycles. The lowest BCUT2D eigenvalue weighted by atomic mass is 9.73. The van der Waals surface area contributed by atoms with Crippen LogP contribution in [-0.2, 0) is 25.6 Å². The SMILES string of the molecule is O=C1O[C@H]2CC[C@H]3C[C@@H](CF)C=C1[C@]32OCc1ccc(N2CCOCC2)nc1. The van der Waals surface area contributed by atoms with E-state index in [2.05, 4.69) is 9.88 Å². The molecule has 1 aromatic heterocycles. The first-order valence-corrected chi connectivity index (χ1v) is 10.1. The number of carbonyl (C=O) groups is 1. The molecule has 0 N–H and O–H groups in total. The summed E-state index contributed by atoms with van der Waals surface area (Å²) in [4.78, 5) is 19.2. The Morgan fingerprint density at radius 1 is 1.29 bits per heavy atom. The lowest BCUT2D eigenvalue weighted by Gasteiger charge is -2.38. The van der Waals surface area contributed by atoms with Gasteiger partial charge in [-0.15, -0.1) is 0 Å². The van der Waals surface area contributed by atoms with Gasteiger partial charge in [0.25, 0.3) is 0 Å². The Hall–Kier alpha value is -1.99. The van der Waals surface area contributed by atoms with E-state index in [-0.39, 0.29) is 23.9 Å². The van der Waals surface area contributed by atoms with E-state index in [0.29, 0.717) is 18.6 Å². The zero-order chi connectivity index (χ0) is 19.1. The van der Waals surface area contributed by atoms with E-state index in [1.165, 1.54) is 0 Å². The van der Waals surface area contributed by atoms with Gasteiger partial charge in [0.05, 0.1) is 32.1 Å². The highest BCUT2D eigenvalue weighted by molar-refractivity contribution is 5.94. The molecule has 2 aliphatic heterocycles. The summed E-state index contributed by atoms with van der Waals surface area (Å²) in [6.45, 7) is 3.05. The summed E-state index contributed by atoms with van der Waals surface area (Å²) in [5, 5.41) is 0. The third-order valence-corrected chi connectivity index (χ3v) is 6.56. The van der Waals surface area contributed by atoms with Gasteiger partial charge in [-0.2, -0.15) is 0 Å². The van der Waals surface area contributed by atoms with Crippen LogP contribution < -0.4 is 4.90 Å². The van der Waals surface area contributed by atoms with Crippen molar-refractivity contribution in [1.82, 2.24) is 4.98 Å². The zero-order valence-electron chi connectivity index (χ0n) is 15.8. The number of rotatable bonds is 5. The summed E-state index contributed by atoms with van der Waals surface area (Å²) in [6.07, 6.45) is 5.72. The number of aromatic nitrogens is 1. The van der Waals surface area contributed by atoms with Crippen LogP contribution in [0, 0.1) is 11.8 Å². The first kappa shape index (κ1) is 18.1. The predicted molar refractivity (Wildman–Crippen MR) is 99.6 cm³/mol. The Morgan fingerprint density at radius 2 is 2.14 bits per heavy atom. The van der Waals surface area contributed by atoms with E-state index in [1.54, 1.807) is 6.08 Å². The Kier molecular flexibility index (Phi) is 4.59. The topological polar surface area (TPSA) is 60.9 Å². The summed E-state index contributed by atoms with van der Waals surface area (Å²) in [6, 6.07) is 4.02. The predicted octanol–water partition coefficient (Wildman–Crippen LogP) is 2.42. The molecule has 0 unspecified atom stereocenters. The zero-order valence-corrected chi connectivity index (χ0v) is 15.8. The van der Waals surface area contributed by atoms with Gasteiger partial charge < -0.3 is 19.1 Å². The lowest BCUT2D eigenvalue weighted by molar-refractivity contribution is -0.142. The highest BCUT2D eigenvalue weighted by Crippen LogP contribution is 2.55. The van der Waals surface area contributed by atoms with Crippen LogP contribution in [0.3, 0.4) is 0 Å². The maximum atomic E-state index is 13.3. The number of hydrogen-bond donors (Lipinski definition) is 0. The molecule has 2 saturated heterocycles. The number of allylic oxidation sites excluding steroid dienone is 1. The molecule has 3 heterocycles. The molecule has 0 bridgehead atoms. The van der Waals surface area contributed by atoms with Crippen LogP contribution in [0.5, 0.6) is 0 Å². The van der Waals surface area contributed by atoms with E-state index in [4.69, 9.17) is 14.2 Å². The van der Waals surface area contributed by atoms with Crippen molar-refractivity contribution in [3.05, 3.63) is 35.5 Å². The third kappa shape index (κ3) is 2.83. The second-order valence-electron chi connectivity index (χ2n) is 8.10. The number of esters is 1. The van der Waals surface area contributed by atoms with Crippen molar-refractivity contribution in [2.45, 2.75) is 37.6 Å². The molecule has 0 aromatic carbocycles. The second-order valence-corrected chi connectivity index (χ2v) is 8.10. The summed E-state index contributed by atoms with van der Waals surface area (Å²) in [5.74, 6) is 0.517. The van der Waals surface area contributed by atoms with Crippen molar-refractivity contribution in [2.75, 3.05) is 37.9 Å². The van der Waals surface area contributed by atoms with Gasteiger partial charge in [0.1, 0.15) is 17.5 Å². The van der Waals surface area contributed by atoms with Crippen molar-refractivity contribution >= 4 is 11.8 Å². The largest absolute Gasteiger partial charge is 0.455 e. The molecule has 3 fully saturated rings. The molecule has 28 heavy (non-hydrogen) atoms. The third-order valence-electron chi connectivity index (χ3n) is 6.56. The van der Waals surface area contributed by atoms with Crippen LogP contribution in [0.1, 0.15) is 24.8 Å². The second kappa shape index (κ2) is 7.12. The molecule has 0 spiro atoms. The van der Waals surface area contributed by atoms with Gasteiger partial charge in [0, 0.05) is 25.2 Å². The first-order valence-electron chi connectivity index (χ1n) is 10.1. The maximum Gasteiger partial charge on any atom is 0.337 e. The lowest BCUT2D eigenvalue weighted by Crippen LogP contribution is -2.47. The minimum absolute atomic E-state index is 0.130. The first-order chi connectivity index (χ1) is 13.7. The highest BCUT2D eigenvalue weighted by atomic mass is 19.1. The normalized spacial score (nSPS) is 34.2. The van der Waals surface area contributed by atoms with Crippen LogP contribution in [0.25, 0.3) is 0 Å². The van der Waals surface area contributed by atoms with Crippen LogP contribution >= 0.6 is 0 Å². The quantitative estimate of drug-likeness (QED) is 0.722. The molecule has 1 aromatic rings.